The molecule has 0 fully saturated rings. The molecule has 0 aliphatic rings. The third-order valence-corrected chi connectivity index (χ3v) is 3.32. The maximum absolute atomic E-state index is 6.29. The van der Waals surface area contributed by atoms with E-state index in [-0.39, 0.29) is 0 Å². The summed E-state index contributed by atoms with van der Waals surface area (Å²) in [5, 5.41) is 1.83. The number of anilines is 1. The molecule has 1 aromatic carbocycles. The lowest BCUT2D eigenvalue weighted by Gasteiger charge is -2.11. The molecule has 0 aliphatic heterocycles. The fraction of sp³-hybridized carbons (Fsp3) is 0.200. The Morgan fingerprint density at radius 1 is 1.16 bits per heavy atom. The lowest BCUT2D eigenvalue weighted by molar-refractivity contribution is 0.419. The summed E-state index contributed by atoms with van der Waals surface area (Å²) in [5.41, 5.74) is 10.5. The van der Waals surface area contributed by atoms with E-state index in [1.165, 1.54) is 0 Å². The number of nitrogens with two attached hydrogens (primary N) is 1. The Morgan fingerprint density at radius 2 is 1.95 bits per heavy atom. The van der Waals surface area contributed by atoms with Crippen LogP contribution in [0.1, 0.15) is 11.3 Å². The first-order valence-corrected chi connectivity index (χ1v) is 6.12. The van der Waals surface area contributed by atoms with Crippen molar-refractivity contribution >= 4 is 27.6 Å². The van der Waals surface area contributed by atoms with Gasteiger partial charge in [-0.3, -0.25) is 0 Å². The number of methoxy groups -OCH3 is 1. The van der Waals surface area contributed by atoms with E-state index < -0.39 is 0 Å². The van der Waals surface area contributed by atoms with Gasteiger partial charge in [0.25, 0.3) is 0 Å². The Balaban J connectivity index is 2.56. The molecule has 0 aliphatic carbocycles. The summed E-state index contributed by atoms with van der Waals surface area (Å²) >= 11 is 0. The van der Waals surface area contributed by atoms with Gasteiger partial charge in [-0.1, -0.05) is 12.1 Å². The van der Waals surface area contributed by atoms with E-state index in [4.69, 9.17) is 10.5 Å². The molecule has 2 N–H and O–H groups in total. The SMILES string of the molecule is COc1cccc2c(N)c3c(C)cc(C)nc3nc12. The van der Waals surface area contributed by atoms with Crippen LogP contribution in [0.15, 0.2) is 24.3 Å². The Morgan fingerprint density at radius 3 is 2.68 bits per heavy atom. The van der Waals surface area contributed by atoms with Crippen LogP contribution in [0.5, 0.6) is 5.75 Å². The lowest BCUT2D eigenvalue weighted by Crippen LogP contribution is -1.99. The van der Waals surface area contributed by atoms with E-state index in [1.54, 1.807) is 7.11 Å². The maximum Gasteiger partial charge on any atom is 0.162 e. The van der Waals surface area contributed by atoms with Crippen LogP contribution in [-0.2, 0) is 0 Å². The minimum atomic E-state index is 0.673. The lowest BCUT2D eigenvalue weighted by atomic mass is 10.1. The van der Waals surface area contributed by atoms with E-state index in [0.717, 1.165) is 27.5 Å². The minimum absolute atomic E-state index is 0.673. The fourth-order valence-electron chi connectivity index (χ4n) is 2.49. The number of nitrogens with zero attached hydrogens (tertiary/aromatic N) is 2. The number of aryl methyl sites for hydroxylation is 2. The van der Waals surface area contributed by atoms with Crippen molar-refractivity contribution in [1.82, 2.24) is 9.97 Å². The van der Waals surface area contributed by atoms with Crippen molar-refractivity contribution in [3.8, 4) is 5.75 Å². The number of ether oxygens (including phenoxy) is 1. The average molecular weight is 253 g/mol. The zero-order chi connectivity index (χ0) is 13.6. The third kappa shape index (κ3) is 1.68. The first-order chi connectivity index (χ1) is 9.11. The Kier molecular flexibility index (Phi) is 2.52. The number of benzene rings is 1. The van der Waals surface area contributed by atoms with Gasteiger partial charge >= 0.3 is 0 Å². The largest absolute Gasteiger partial charge is 0.494 e. The number of aromatic nitrogens is 2. The normalized spacial score (nSPS) is 11.1. The molecule has 0 saturated carbocycles. The van der Waals surface area contributed by atoms with Gasteiger partial charge in [0.1, 0.15) is 11.3 Å². The number of nitrogen functional groups attached to an aromatic ring is 1. The molecule has 0 amide bonds. The molecule has 19 heavy (non-hydrogen) atoms. The molecule has 0 atom stereocenters. The van der Waals surface area contributed by atoms with Crippen LogP contribution in [0.4, 0.5) is 5.69 Å². The predicted molar refractivity (Wildman–Crippen MR) is 77.5 cm³/mol. The highest BCUT2D eigenvalue weighted by molar-refractivity contribution is 6.08. The van der Waals surface area contributed by atoms with Gasteiger partial charge in [0, 0.05) is 16.5 Å². The van der Waals surface area contributed by atoms with Gasteiger partial charge in [0.15, 0.2) is 5.65 Å². The molecule has 2 aromatic heterocycles. The van der Waals surface area contributed by atoms with E-state index in [1.807, 2.05) is 38.1 Å². The standard InChI is InChI=1S/C15H15N3O/c1-8-7-9(2)17-15-12(8)13(16)10-5-4-6-11(19-3)14(10)18-15/h4-7H,1-3H3,(H2,16,17,18). The molecule has 0 spiro atoms. The molecular formula is C15H15N3O. The first kappa shape index (κ1) is 11.7. The second-order valence-electron chi connectivity index (χ2n) is 4.66. The van der Waals surface area contributed by atoms with Crippen molar-refractivity contribution in [3.05, 3.63) is 35.5 Å². The van der Waals surface area contributed by atoms with Gasteiger partial charge in [-0.05, 0) is 31.5 Å². The smallest absolute Gasteiger partial charge is 0.162 e. The first-order valence-electron chi connectivity index (χ1n) is 6.12. The molecule has 4 heteroatoms. The van der Waals surface area contributed by atoms with Crippen LogP contribution >= 0.6 is 0 Å². The number of hydrogen-bond donors (Lipinski definition) is 1. The maximum atomic E-state index is 6.29. The summed E-state index contributed by atoms with van der Waals surface area (Å²) in [6.45, 7) is 3.98. The van der Waals surface area contributed by atoms with Crippen molar-refractivity contribution in [2.75, 3.05) is 12.8 Å². The molecule has 0 radical (unpaired) electrons. The molecule has 0 saturated heterocycles. The number of fused-ring (bicyclic) bond motifs is 2. The highest BCUT2D eigenvalue weighted by Crippen LogP contribution is 2.33. The van der Waals surface area contributed by atoms with Crippen molar-refractivity contribution < 1.29 is 4.74 Å². The second kappa shape index (κ2) is 4.09. The number of hydrogen-bond acceptors (Lipinski definition) is 4. The fourth-order valence-corrected chi connectivity index (χ4v) is 2.49. The van der Waals surface area contributed by atoms with Crippen molar-refractivity contribution in [2.24, 2.45) is 0 Å². The topological polar surface area (TPSA) is 61.0 Å². The summed E-state index contributed by atoms with van der Waals surface area (Å²) < 4.78 is 5.35. The van der Waals surface area contributed by atoms with Crippen molar-refractivity contribution in [3.63, 3.8) is 0 Å². The zero-order valence-electron chi connectivity index (χ0n) is 11.2. The van der Waals surface area contributed by atoms with Crippen LogP contribution in [0.3, 0.4) is 0 Å². The predicted octanol–water partition coefficient (Wildman–Crippen LogP) is 2.99. The van der Waals surface area contributed by atoms with Gasteiger partial charge in [-0.25, -0.2) is 9.97 Å². The highest BCUT2D eigenvalue weighted by atomic mass is 16.5. The van der Waals surface area contributed by atoms with Crippen LogP contribution in [0, 0.1) is 13.8 Å². The Hall–Kier alpha value is -2.36. The summed E-state index contributed by atoms with van der Waals surface area (Å²) in [6.07, 6.45) is 0. The Labute approximate surface area is 111 Å². The molecule has 0 bridgehead atoms. The average Bonchev–Trinajstić information content (AvgIpc) is 2.37. The van der Waals surface area contributed by atoms with Crippen LogP contribution in [-0.4, -0.2) is 17.1 Å². The quantitative estimate of drug-likeness (QED) is 0.677. The summed E-state index contributed by atoms with van der Waals surface area (Å²) in [5.74, 6) is 0.715. The molecule has 96 valence electrons. The molecule has 0 unspecified atom stereocenters. The summed E-state index contributed by atoms with van der Waals surface area (Å²) in [7, 11) is 1.63. The van der Waals surface area contributed by atoms with E-state index >= 15 is 0 Å². The highest BCUT2D eigenvalue weighted by Gasteiger charge is 2.12. The van der Waals surface area contributed by atoms with Crippen LogP contribution in [0.2, 0.25) is 0 Å². The third-order valence-electron chi connectivity index (χ3n) is 3.32. The van der Waals surface area contributed by atoms with Gasteiger partial charge in [0.05, 0.1) is 12.8 Å². The monoisotopic (exact) mass is 253 g/mol. The second-order valence-corrected chi connectivity index (χ2v) is 4.66. The van der Waals surface area contributed by atoms with Gasteiger partial charge in [-0.15, -0.1) is 0 Å². The van der Waals surface area contributed by atoms with Crippen LogP contribution < -0.4 is 10.5 Å². The van der Waals surface area contributed by atoms with Gasteiger partial charge in [-0.2, -0.15) is 0 Å². The molecule has 4 nitrogen and oxygen atoms in total. The van der Waals surface area contributed by atoms with E-state index in [9.17, 15) is 0 Å². The summed E-state index contributed by atoms with van der Waals surface area (Å²) in [4.78, 5) is 9.09. The number of pyridine rings is 2. The van der Waals surface area contributed by atoms with E-state index in [0.29, 0.717) is 17.1 Å². The molecule has 2 heterocycles. The zero-order valence-corrected chi connectivity index (χ0v) is 11.2. The van der Waals surface area contributed by atoms with Crippen molar-refractivity contribution in [2.45, 2.75) is 13.8 Å². The number of rotatable bonds is 1. The van der Waals surface area contributed by atoms with Gasteiger partial charge < -0.3 is 10.5 Å². The Bertz CT molecular complexity index is 796. The summed E-state index contributed by atoms with van der Waals surface area (Å²) in [6, 6.07) is 7.77. The van der Waals surface area contributed by atoms with Gasteiger partial charge in [0.2, 0.25) is 0 Å². The number of para-hydroxylation sites is 1. The molecule has 3 aromatic rings. The molecular weight excluding hydrogens is 238 g/mol. The van der Waals surface area contributed by atoms with Crippen molar-refractivity contribution in [1.29, 1.82) is 0 Å². The van der Waals surface area contributed by atoms with Crippen LogP contribution in [0.25, 0.3) is 21.9 Å². The van der Waals surface area contributed by atoms with E-state index in [2.05, 4.69) is 9.97 Å². The molecule has 3 rings (SSSR count). The minimum Gasteiger partial charge on any atom is -0.494 e.